The van der Waals surface area contributed by atoms with Gasteiger partial charge in [-0.3, -0.25) is 4.79 Å². The van der Waals surface area contributed by atoms with Crippen molar-refractivity contribution in [1.82, 2.24) is 0 Å². The van der Waals surface area contributed by atoms with E-state index in [4.69, 9.17) is 4.42 Å². The quantitative estimate of drug-likeness (QED) is 0.519. The number of carbonyl (C=O) groups is 1. The van der Waals surface area contributed by atoms with Crippen LogP contribution in [0.25, 0.3) is 5.57 Å². The minimum atomic E-state index is 0.312. The summed E-state index contributed by atoms with van der Waals surface area (Å²) in [6, 6.07) is 3.34. The summed E-state index contributed by atoms with van der Waals surface area (Å²) < 4.78 is 5.18. The minimum Gasteiger partial charge on any atom is -0.453 e. The van der Waals surface area contributed by atoms with Crippen LogP contribution in [0.2, 0.25) is 0 Å². The Morgan fingerprint density at radius 1 is 1.38 bits per heavy atom. The third-order valence-corrected chi connectivity index (χ3v) is 1.54. The second-order valence-corrected chi connectivity index (χ2v) is 2.38. The molecule has 0 aliphatic rings. The first-order valence-electron chi connectivity index (χ1n) is 3.82. The van der Waals surface area contributed by atoms with Crippen LogP contribution in [-0.4, -0.2) is 6.29 Å². The van der Waals surface area contributed by atoms with Crippen LogP contribution in [0.4, 0.5) is 0 Å². The zero-order valence-corrected chi connectivity index (χ0v) is 7.19. The molecule has 0 atom stereocenters. The van der Waals surface area contributed by atoms with E-state index >= 15 is 0 Å². The Morgan fingerprint density at radius 2 is 2.15 bits per heavy atom. The van der Waals surface area contributed by atoms with Gasteiger partial charge in [-0.25, -0.2) is 0 Å². The Kier molecular flexibility index (Phi) is 3.03. The maximum absolute atomic E-state index is 10.3. The summed E-state index contributed by atoms with van der Waals surface area (Å²) in [5, 5.41) is 0. The molecule has 1 aromatic rings. The van der Waals surface area contributed by atoms with Crippen molar-refractivity contribution in [2.75, 3.05) is 0 Å². The molecule has 2 nitrogen and oxygen atoms in total. The maximum atomic E-state index is 10.3. The first-order chi connectivity index (χ1) is 6.31. The van der Waals surface area contributed by atoms with Crippen molar-refractivity contribution in [3.8, 4) is 0 Å². The van der Waals surface area contributed by atoms with E-state index in [0.717, 1.165) is 5.57 Å². The molecule has 2 heteroatoms. The molecule has 0 saturated heterocycles. The number of allylic oxidation sites excluding steroid dienone is 4. The highest BCUT2D eigenvalue weighted by molar-refractivity contribution is 5.75. The molecule has 0 amide bonds. The molecule has 0 aliphatic carbocycles. The molecule has 0 saturated carbocycles. The molecule has 0 bridgehead atoms. The molecule has 1 heterocycles. The van der Waals surface area contributed by atoms with Crippen LogP contribution in [0.1, 0.15) is 16.3 Å². The molecule has 66 valence electrons. The summed E-state index contributed by atoms with van der Waals surface area (Å²) in [6.45, 7) is 7.19. The average Bonchev–Trinajstić information content (AvgIpc) is 2.62. The molecule has 13 heavy (non-hydrogen) atoms. The molecule has 1 aromatic heterocycles. The highest BCUT2D eigenvalue weighted by Crippen LogP contribution is 2.17. The van der Waals surface area contributed by atoms with Crippen molar-refractivity contribution in [3.63, 3.8) is 0 Å². The van der Waals surface area contributed by atoms with Gasteiger partial charge in [0.1, 0.15) is 5.76 Å². The molecule has 0 fully saturated rings. The molecule has 0 unspecified atom stereocenters. The van der Waals surface area contributed by atoms with E-state index in [-0.39, 0.29) is 0 Å². The van der Waals surface area contributed by atoms with Crippen LogP contribution in [0.15, 0.2) is 47.9 Å². The predicted octanol–water partition coefficient (Wildman–Crippen LogP) is 2.85. The Labute approximate surface area is 76.9 Å². The first-order valence-corrected chi connectivity index (χ1v) is 3.82. The average molecular weight is 174 g/mol. The molecule has 0 spiro atoms. The summed E-state index contributed by atoms with van der Waals surface area (Å²) in [5.41, 5.74) is 0.808. The Bertz CT molecular complexity index is 356. The number of carbonyl (C=O) groups excluding carboxylic acids is 1. The maximum Gasteiger partial charge on any atom is 0.185 e. The van der Waals surface area contributed by atoms with Gasteiger partial charge in [0.2, 0.25) is 0 Å². The van der Waals surface area contributed by atoms with Crippen molar-refractivity contribution in [3.05, 3.63) is 55.0 Å². The lowest BCUT2D eigenvalue weighted by Gasteiger charge is -1.93. The van der Waals surface area contributed by atoms with Crippen molar-refractivity contribution in [2.45, 2.75) is 0 Å². The smallest absolute Gasteiger partial charge is 0.185 e. The molecule has 1 rings (SSSR count). The van der Waals surface area contributed by atoms with E-state index in [1.807, 2.05) is 0 Å². The fourth-order valence-corrected chi connectivity index (χ4v) is 0.949. The number of aldehydes is 1. The summed E-state index contributed by atoms with van der Waals surface area (Å²) in [5.74, 6) is 0.934. The van der Waals surface area contributed by atoms with Crippen LogP contribution in [0, 0.1) is 0 Å². The van der Waals surface area contributed by atoms with E-state index in [2.05, 4.69) is 13.2 Å². The number of furan rings is 1. The third kappa shape index (κ3) is 2.06. The van der Waals surface area contributed by atoms with Crippen LogP contribution >= 0.6 is 0 Å². The van der Waals surface area contributed by atoms with E-state index in [9.17, 15) is 4.79 Å². The zero-order chi connectivity index (χ0) is 9.68. The van der Waals surface area contributed by atoms with Crippen molar-refractivity contribution in [2.24, 2.45) is 0 Å². The van der Waals surface area contributed by atoms with E-state index < -0.39 is 0 Å². The Hall–Kier alpha value is -1.83. The molecule has 0 N–H and O–H groups in total. The van der Waals surface area contributed by atoms with Crippen LogP contribution in [0.3, 0.4) is 0 Å². The lowest BCUT2D eigenvalue weighted by molar-refractivity contribution is 0.110. The fourth-order valence-electron chi connectivity index (χ4n) is 0.949. The highest BCUT2D eigenvalue weighted by Gasteiger charge is 2.02. The number of hydrogen-bond acceptors (Lipinski definition) is 2. The van der Waals surface area contributed by atoms with Gasteiger partial charge in [-0.05, 0) is 12.1 Å². The topological polar surface area (TPSA) is 30.2 Å². The predicted molar refractivity (Wildman–Crippen MR) is 52.5 cm³/mol. The van der Waals surface area contributed by atoms with E-state index in [1.54, 1.807) is 30.4 Å². The van der Waals surface area contributed by atoms with Gasteiger partial charge in [0, 0.05) is 5.57 Å². The van der Waals surface area contributed by atoms with Crippen molar-refractivity contribution in [1.29, 1.82) is 0 Å². The molecular weight excluding hydrogens is 164 g/mol. The lowest BCUT2D eigenvalue weighted by Crippen LogP contribution is -1.74. The van der Waals surface area contributed by atoms with Crippen LogP contribution < -0.4 is 0 Å². The lowest BCUT2D eigenvalue weighted by atomic mass is 10.2. The Morgan fingerprint density at radius 3 is 2.62 bits per heavy atom. The molecule has 0 radical (unpaired) electrons. The summed E-state index contributed by atoms with van der Waals surface area (Å²) in [7, 11) is 0. The van der Waals surface area contributed by atoms with Gasteiger partial charge in [-0.2, -0.15) is 0 Å². The Balaban J connectivity index is 3.04. The van der Waals surface area contributed by atoms with Crippen molar-refractivity contribution >= 4 is 11.9 Å². The van der Waals surface area contributed by atoms with Gasteiger partial charge in [-0.15, -0.1) is 0 Å². The highest BCUT2D eigenvalue weighted by atomic mass is 16.3. The van der Waals surface area contributed by atoms with E-state index in [1.165, 1.54) is 0 Å². The van der Waals surface area contributed by atoms with Gasteiger partial charge >= 0.3 is 0 Å². The van der Waals surface area contributed by atoms with Gasteiger partial charge in [-0.1, -0.05) is 31.4 Å². The van der Waals surface area contributed by atoms with Gasteiger partial charge < -0.3 is 4.42 Å². The van der Waals surface area contributed by atoms with Crippen LogP contribution in [0.5, 0.6) is 0 Å². The molecule has 0 aromatic carbocycles. The summed E-state index contributed by atoms with van der Waals surface area (Å²) in [6.07, 6.45) is 5.72. The number of hydrogen-bond donors (Lipinski definition) is 0. The largest absolute Gasteiger partial charge is 0.453 e. The van der Waals surface area contributed by atoms with Crippen molar-refractivity contribution < 1.29 is 9.21 Å². The second kappa shape index (κ2) is 4.26. The fraction of sp³-hybridized carbons (Fsp3) is 0. The molecule has 0 aliphatic heterocycles. The second-order valence-electron chi connectivity index (χ2n) is 2.38. The summed E-state index contributed by atoms with van der Waals surface area (Å²) >= 11 is 0. The SMILES string of the molecule is C=C/C=C(\C=C)c1ccc(C=O)o1. The standard InChI is InChI=1S/C11H10O2/c1-3-5-9(4-2)11-7-6-10(8-12)13-11/h3-8H,1-2H2/b9-5+. The van der Waals surface area contributed by atoms with Gasteiger partial charge in [0.25, 0.3) is 0 Å². The minimum absolute atomic E-state index is 0.312. The van der Waals surface area contributed by atoms with E-state index in [0.29, 0.717) is 17.8 Å². The molecular formula is C11H10O2. The van der Waals surface area contributed by atoms with Gasteiger partial charge in [0.05, 0.1) is 0 Å². The third-order valence-electron chi connectivity index (χ3n) is 1.54. The van der Waals surface area contributed by atoms with Gasteiger partial charge in [0.15, 0.2) is 12.0 Å². The van der Waals surface area contributed by atoms with Crippen LogP contribution in [-0.2, 0) is 0 Å². The zero-order valence-electron chi connectivity index (χ0n) is 7.19. The first kappa shape index (κ1) is 9.26. The normalized spacial score (nSPS) is 10.9. The number of rotatable bonds is 4. The summed E-state index contributed by atoms with van der Waals surface area (Å²) in [4.78, 5) is 10.3. The monoisotopic (exact) mass is 174 g/mol.